The number of sulfonamides is 1. The second kappa shape index (κ2) is 8.42. The highest BCUT2D eigenvalue weighted by atomic mass is 32.2. The Morgan fingerprint density at radius 2 is 1.93 bits per heavy atom. The van der Waals surface area contributed by atoms with Crippen LogP contribution in [0.5, 0.6) is 5.75 Å². The molecule has 29 heavy (non-hydrogen) atoms. The maximum Gasteiger partial charge on any atom is 0.246 e. The molecule has 3 rings (SSSR count). The summed E-state index contributed by atoms with van der Waals surface area (Å²) in [5, 5.41) is 4.43. The molecule has 2 heterocycles. The largest absolute Gasteiger partial charge is 0.491 e. The Morgan fingerprint density at radius 1 is 1.17 bits per heavy atom. The van der Waals surface area contributed by atoms with Gasteiger partial charge in [-0.1, -0.05) is 12.1 Å². The zero-order valence-corrected chi connectivity index (χ0v) is 18.3. The fraction of sp³-hybridized carbons (Fsp3) is 0.381. The van der Waals surface area contributed by atoms with E-state index in [0.29, 0.717) is 30.3 Å². The molecule has 0 unspecified atom stereocenters. The molecule has 0 saturated heterocycles. The lowest BCUT2D eigenvalue weighted by Gasteiger charge is -2.16. The van der Waals surface area contributed by atoms with Gasteiger partial charge in [-0.2, -0.15) is 9.40 Å². The van der Waals surface area contributed by atoms with Gasteiger partial charge in [0, 0.05) is 7.05 Å². The third-order valence-corrected chi connectivity index (χ3v) is 6.90. The number of nitrogens with zero attached hydrogens (tertiary/aromatic N) is 3. The number of benzene rings is 1. The van der Waals surface area contributed by atoms with Crippen molar-refractivity contribution in [2.75, 3.05) is 13.7 Å². The second-order valence-corrected chi connectivity index (χ2v) is 9.16. The van der Waals surface area contributed by atoms with E-state index in [1.807, 2.05) is 32.0 Å². The summed E-state index contributed by atoms with van der Waals surface area (Å²) < 4.78 is 40.3. The molecule has 0 aliphatic carbocycles. The first-order valence-electron chi connectivity index (χ1n) is 9.43. The van der Waals surface area contributed by atoms with Crippen molar-refractivity contribution in [1.82, 2.24) is 14.1 Å². The minimum absolute atomic E-state index is 0.162. The predicted molar refractivity (Wildman–Crippen MR) is 110 cm³/mol. The maximum absolute atomic E-state index is 13.1. The lowest BCUT2D eigenvalue weighted by molar-refractivity contribution is 0.287. The van der Waals surface area contributed by atoms with Crippen LogP contribution in [0.1, 0.15) is 28.3 Å². The Balaban J connectivity index is 1.74. The zero-order chi connectivity index (χ0) is 21.2. The number of aryl methyl sites for hydroxylation is 3. The number of aromatic nitrogens is 2. The van der Waals surface area contributed by atoms with Crippen molar-refractivity contribution in [2.45, 2.75) is 45.7 Å². The summed E-state index contributed by atoms with van der Waals surface area (Å²) in [6.07, 6.45) is 1.53. The normalized spacial score (nSPS) is 11.9. The van der Waals surface area contributed by atoms with E-state index in [2.05, 4.69) is 5.10 Å². The molecule has 8 heteroatoms. The molecule has 0 saturated carbocycles. The van der Waals surface area contributed by atoms with Gasteiger partial charge in [0.15, 0.2) is 0 Å². The third-order valence-electron chi connectivity index (χ3n) is 4.85. The van der Waals surface area contributed by atoms with Gasteiger partial charge in [-0.3, -0.25) is 4.68 Å². The van der Waals surface area contributed by atoms with Crippen LogP contribution in [0.3, 0.4) is 0 Å². The standard InChI is InChI=1S/C21H27N3O4S/c1-15-8-9-16(2)20(13-15)28-12-10-24-18(4)21(17(3)22-24)29(25,26)23(5)14-19-7-6-11-27-19/h6-9,11,13H,10,12,14H2,1-5H3. The summed E-state index contributed by atoms with van der Waals surface area (Å²) in [6.45, 7) is 8.51. The van der Waals surface area contributed by atoms with Gasteiger partial charge in [0.05, 0.1) is 30.7 Å². The number of rotatable bonds is 8. The molecule has 3 aromatic rings. The molecule has 7 nitrogen and oxygen atoms in total. The molecule has 0 aliphatic heterocycles. The molecule has 156 valence electrons. The first-order valence-corrected chi connectivity index (χ1v) is 10.9. The van der Waals surface area contributed by atoms with E-state index in [4.69, 9.17) is 9.15 Å². The topological polar surface area (TPSA) is 77.6 Å². The average Bonchev–Trinajstić information content (AvgIpc) is 3.26. The highest BCUT2D eigenvalue weighted by molar-refractivity contribution is 7.89. The van der Waals surface area contributed by atoms with Crippen LogP contribution >= 0.6 is 0 Å². The van der Waals surface area contributed by atoms with Crippen LogP contribution in [-0.2, 0) is 23.1 Å². The molecule has 0 N–H and O–H groups in total. The van der Waals surface area contributed by atoms with E-state index < -0.39 is 10.0 Å². The summed E-state index contributed by atoms with van der Waals surface area (Å²) in [5.41, 5.74) is 3.26. The molecule has 0 amide bonds. The van der Waals surface area contributed by atoms with Crippen LogP contribution in [0.4, 0.5) is 0 Å². The number of hydrogen-bond acceptors (Lipinski definition) is 5. The Hall–Kier alpha value is -2.58. The van der Waals surface area contributed by atoms with Crippen LogP contribution in [0.2, 0.25) is 0 Å². The molecule has 0 atom stereocenters. The maximum atomic E-state index is 13.1. The van der Waals surface area contributed by atoms with Gasteiger partial charge < -0.3 is 9.15 Å². The molecule has 0 spiro atoms. The van der Waals surface area contributed by atoms with Crippen LogP contribution in [0.15, 0.2) is 45.9 Å². The van der Waals surface area contributed by atoms with Crippen LogP contribution in [0.25, 0.3) is 0 Å². The molecule has 2 aromatic heterocycles. The van der Waals surface area contributed by atoms with Crippen molar-refractivity contribution in [2.24, 2.45) is 0 Å². The SMILES string of the molecule is Cc1ccc(C)c(OCCn2nc(C)c(S(=O)(=O)N(C)Cc3ccco3)c2C)c1. The van der Waals surface area contributed by atoms with Gasteiger partial charge in [0.2, 0.25) is 10.0 Å². The summed E-state index contributed by atoms with van der Waals surface area (Å²) in [6, 6.07) is 9.54. The molecule has 0 bridgehead atoms. The monoisotopic (exact) mass is 417 g/mol. The van der Waals surface area contributed by atoms with Gasteiger partial charge in [-0.25, -0.2) is 8.42 Å². The van der Waals surface area contributed by atoms with E-state index >= 15 is 0 Å². The smallest absolute Gasteiger partial charge is 0.246 e. The average molecular weight is 418 g/mol. The molecular weight excluding hydrogens is 390 g/mol. The Kier molecular flexibility index (Phi) is 6.14. The molecule has 0 radical (unpaired) electrons. The van der Waals surface area contributed by atoms with Gasteiger partial charge >= 0.3 is 0 Å². The van der Waals surface area contributed by atoms with Crippen LogP contribution in [0, 0.1) is 27.7 Å². The molecule has 1 aromatic carbocycles. The fourth-order valence-electron chi connectivity index (χ4n) is 3.24. The van der Waals surface area contributed by atoms with Crippen molar-refractivity contribution in [3.8, 4) is 5.75 Å². The number of furan rings is 1. The molecular formula is C21H27N3O4S. The lowest BCUT2D eigenvalue weighted by Crippen LogP contribution is -2.27. The van der Waals surface area contributed by atoms with Gasteiger partial charge in [-0.05, 0) is 57.0 Å². The minimum Gasteiger partial charge on any atom is -0.491 e. The number of ether oxygens (including phenoxy) is 1. The van der Waals surface area contributed by atoms with E-state index in [1.54, 1.807) is 30.7 Å². The second-order valence-electron chi connectivity index (χ2n) is 7.18. The van der Waals surface area contributed by atoms with Crippen molar-refractivity contribution in [1.29, 1.82) is 0 Å². The van der Waals surface area contributed by atoms with E-state index in [-0.39, 0.29) is 11.4 Å². The van der Waals surface area contributed by atoms with E-state index in [9.17, 15) is 8.42 Å². The molecule has 0 aliphatic rings. The van der Waals surface area contributed by atoms with Crippen molar-refractivity contribution < 1.29 is 17.6 Å². The first kappa shape index (κ1) is 21.1. The third kappa shape index (κ3) is 4.54. The quantitative estimate of drug-likeness (QED) is 0.560. The van der Waals surface area contributed by atoms with Gasteiger partial charge in [-0.15, -0.1) is 0 Å². The predicted octanol–water partition coefficient (Wildman–Crippen LogP) is 3.61. The summed E-state index contributed by atoms with van der Waals surface area (Å²) in [7, 11) is -2.16. The van der Waals surface area contributed by atoms with Crippen molar-refractivity contribution in [3.63, 3.8) is 0 Å². The van der Waals surface area contributed by atoms with Crippen LogP contribution in [-0.4, -0.2) is 36.2 Å². The Morgan fingerprint density at radius 3 is 2.62 bits per heavy atom. The summed E-state index contributed by atoms with van der Waals surface area (Å²) >= 11 is 0. The minimum atomic E-state index is -3.70. The highest BCUT2D eigenvalue weighted by Gasteiger charge is 2.29. The number of hydrogen-bond donors (Lipinski definition) is 0. The fourth-order valence-corrected chi connectivity index (χ4v) is 4.74. The van der Waals surface area contributed by atoms with E-state index in [0.717, 1.165) is 16.9 Å². The van der Waals surface area contributed by atoms with Gasteiger partial charge in [0.1, 0.15) is 23.0 Å². The summed E-state index contributed by atoms with van der Waals surface area (Å²) in [5.74, 6) is 1.42. The molecule has 0 fully saturated rings. The van der Waals surface area contributed by atoms with E-state index in [1.165, 1.54) is 17.6 Å². The highest BCUT2D eigenvalue weighted by Crippen LogP contribution is 2.24. The summed E-state index contributed by atoms with van der Waals surface area (Å²) in [4.78, 5) is 0.235. The first-order chi connectivity index (χ1) is 13.7. The van der Waals surface area contributed by atoms with Gasteiger partial charge in [0.25, 0.3) is 0 Å². The van der Waals surface area contributed by atoms with Crippen molar-refractivity contribution >= 4 is 10.0 Å². The Bertz CT molecular complexity index is 1090. The lowest BCUT2D eigenvalue weighted by atomic mass is 10.1. The zero-order valence-electron chi connectivity index (χ0n) is 17.5. The van der Waals surface area contributed by atoms with Crippen LogP contribution < -0.4 is 4.74 Å². The Labute approximate surface area is 172 Å². The van der Waals surface area contributed by atoms with Crippen molar-refractivity contribution in [3.05, 3.63) is 64.9 Å².